The summed E-state index contributed by atoms with van der Waals surface area (Å²) < 4.78 is 6.33. The van der Waals surface area contributed by atoms with Crippen molar-refractivity contribution in [3.8, 4) is 5.88 Å². The standard InChI is InChI=1S/C8H6IN3O2/c1-14-6-4-10-5-2-3-7(13)12(9)8(5)11-6/h2-4H,1H3. The van der Waals surface area contributed by atoms with E-state index in [4.69, 9.17) is 4.74 Å². The second kappa shape index (κ2) is 3.52. The molecule has 0 bridgehead atoms. The van der Waals surface area contributed by atoms with E-state index in [0.29, 0.717) is 17.0 Å². The van der Waals surface area contributed by atoms with Crippen LogP contribution in [0, 0.1) is 0 Å². The summed E-state index contributed by atoms with van der Waals surface area (Å²) in [5.74, 6) is 0.397. The fourth-order valence-electron chi connectivity index (χ4n) is 1.05. The SMILES string of the molecule is COc1cnc2ccc(=O)n(I)c2n1. The number of nitrogens with zero attached hydrogens (tertiary/aromatic N) is 3. The molecule has 0 saturated heterocycles. The third kappa shape index (κ3) is 1.45. The topological polar surface area (TPSA) is 57.0 Å². The molecule has 0 aliphatic heterocycles. The van der Waals surface area contributed by atoms with E-state index < -0.39 is 0 Å². The Morgan fingerprint density at radius 1 is 1.50 bits per heavy atom. The number of ether oxygens (including phenoxy) is 1. The number of pyridine rings is 1. The van der Waals surface area contributed by atoms with Crippen LogP contribution in [-0.4, -0.2) is 19.9 Å². The monoisotopic (exact) mass is 303 g/mol. The van der Waals surface area contributed by atoms with Crippen molar-refractivity contribution in [2.24, 2.45) is 0 Å². The van der Waals surface area contributed by atoms with E-state index in [1.165, 1.54) is 22.2 Å². The van der Waals surface area contributed by atoms with Crippen LogP contribution in [0.5, 0.6) is 5.88 Å². The lowest BCUT2D eigenvalue weighted by molar-refractivity contribution is 0.397. The number of hydrogen-bond acceptors (Lipinski definition) is 4. The van der Waals surface area contributed by atoms with E-state index in [-0.39, 0.29) is 5.56 Å². The Balaban J connectivity index is 2.84. The maximum absolute atomic E-state index is 11.3. The molecule has 0 atom stereocenters. The molecule has 0 aliphatic rings. The zero-order valence-corrected chi connectivity index (χ0v) is 9.43. The molecule has 0 N–H and O–H groups in total. The molecule has 5 nitrogen and oxygen atoms in total. The van der Waals surface area contributed by atoms with Crippen molar-refractivity contribution < 1.29 is 4.74 Å². The number of fused-ring (bicyclic) bond motifs is 1. The van der Waals surface area contributed by atoms with Crippen molar-refractivity contribution in [2.45, 2.75) is 0 Å². The van der Waals surface area contributed by atoms with Crippen LogP contribution in [-0.2, 0) is 0 Å². The van der Waals surface area contributed by atoms with E-state index >= 15 is 0 Å². The lowest BCUT2D eigenvalue weighted by Gasteiger charge is -2.02. The predicted octanol–water partition coefficient (Wildman–Crippen LogP) is 0.998. The van der Waals surface area contributed by atoms with Crippen molar-refractivity contribution in [3.05, 3.63) is 28.7 Å². The molecule has 6 heteroatoms. The maximum Gasteiger partial charge on any atom is 0.261 e. The molecule has 0 radical (unpaired) electrons. The fourth-order valence-corrected chi connectivity index (χ4v) is 1.57. The molecule has 0 spiro atoms. The number of methoxy groups -OCH3 is 1. The van der Waals surface area contributed by atoms with Crippen LogP contribution >= 0.6 is 22.9 Å². The number of aromatic nitrogens is 3. The molecule has 2 aromatic rings. The van der Waals surface area contributed by atoms with E-state index in [1.807, 2.05) is 22.9 Å². The largest absolute Gasteiger partial charge is 0.480 e. The van der Waals surface area contributed by atoms with Gasteiger partial charge in [-0.15, -0.1) is 0 Å². The molecule has 0 saturated carbocycles. The van der Waals surface area contributed by atoms with Crippen LogP contribution in [0.15, 0.2) is 23.1 Å². The van der Waals surface area contributed by atoms with Gasteiger partial charge in [0.25, 0.3) is 5.56 Å². The summed E-state index contributed by atoms with van der Waals surface area (Å²) in [6.45, 7) is 0. The molecule has 2 heterocycles. The highest BCUT2D eigenvalue weighted by Crippen LogP contribution is 2.12. The van der Waals surface area contributed by atoms with Gasteiger partial charge < -0.3 is 4.74 Å². The Morgan fingerprint density at radius 2 is 2.29 bits per heavy atom. The van der Waals surface area contributed by atoms with Crippen molar-refractivity contribution >= 4 is 34.0 Å². The summed E-state index contributed by atoms with van der Waals surface area (Å²) in [7, 11) is 1.51. The van der Waals surface area contributed by atoms with Gasteiger partial charge in [-0.3, -0.25) is 4.79 Å². The quantitative estimate of drug-likeness (QED) is 0.738. The smallest absolute Gasteiger partial charge is 0.261 e. The zero-order chi connectivity index (χ0) is 10.1. The van der Waals surface area contributed by atoms with Crippen molar-refractivity contribution in [3.63, 3.8) is 0 Å². The van der Waals surface area contributed by atoms with Crippen LogP contribution in [0.4, 0.5) is 0 Å². The van der Waals surface area contributed by atoms with Gasteiger partial charge in [-0.1, -0.05) is 0 Å². The Kier molecular flexibility index (Phi) is 2.36. The molecular formula is C8H6IN3O2. The summed E-state index contributed by atoms with van der Waals surface area (Å²) in [6.07, 6.45) is 1.52. The average Bonchev–Trinajstić information content (AvgIpc) is 2.23. The van der Waals surface area contributed by atoms with Crippen LogP contribution < -0.4 is 10.3 Å². The van der Waals surface area contributed by atoms with Gasteiger partial charge in [0, 0.05) is 6.07 Å². The van der Waals surface area contributed by atoms with Gasteiger partial charge in [-0.25, -0.2) is 7.76 Å². The number of hydrogen-bond donors (Lipinski definition) is 0. The van der Waals surface area contributed by atoms with Gasteiger partial charge in [0.1, 0.15) is 5.52 Å². The minimum atomic E-state index is -0.124. The first-order valence-corrected chi connectivity index (χ1v) is 4.78. The van der Waals surface area contributed by atoms with Gasteiger partial charge in [0.05, 0.1) is 36.2 Å². The molecule has 0 amide bonds. The molecule has 72 valence electrons. The third-order valence-electron chi connectivity index (χ3n) is 1.73. The lowest BCUT2D eigenvalue weighted by Crippen LogP contribution is -2.12. The second-order valence-electron chi connectivity index (χ2n) is 2.57. The van der Waals surface area contributed by atoms with Crippen molar-refractivity contribution in [1.29, 1.82) is 0 Å². The molecule has 0 aromatic carbocycles. The van der Waals surface area contributed by atoms with E-state index in [1.54, 1.807) is 6.07 Å². The normalized spacial score (nSPS) is 10.4. The van der Waals surface area contributed by atoms with Crippen molar-refractivity contribution in [1.82, 2.24) is 12.7 Å². The highest BCUT2D eigenvalue weighted by atomic mass is 127. The molecule has 0 unspecified atom stereocenters. The predicted molar refractivity (Wildman–Crippen MR) is 59.8 cm³/mol. The van der Waals surface area contributed by atoms with Crippen LogP contribution in [0.1, 0.15) is 0 Å². The third-order valence-corrected chi connectivity index (χ3v) is 2.66. The van der Waals surface area contributed by atoms with Gasteiger partial charge in [-0.05, 0) is 6.07 Å². The van der Waals surface area contributed by atoms with E-state index in [2.05, 4.69) is 9.97 Å². The first kappa shape index (κ1) is 9.38. The molecule has 0 fully saturated rings. The highest BCUT2D eigenvalue weighted by Gasteiger charge is 2.04. The van der Waals surface area contributed by atoms with Crippen LogP contribution in [0.3, 0.4) is 0 Å². The Hall–Kier alpha value is -1.18. The molecule has 0 aliphatic carbocycles. The average molecular weight is 303 g/mol. The molecule has 2 rings (SSSR count). The lowest BCUT2D eigenvalue weighted by atomic mass is 10.4. The molecule has 2 aromatic heterocycles. The summed E-state index contributed by atoms with van der Waals surface area (Å²) in [6, 6.07) is 3.09. The van der Waals surface area contributed by atoms with Gasteiger partial charge in [0.2, 0.25) is 5.88 Å². The van der Waals surface area contributed by atoms with Gasteiger partial charge in [0.15, 0.2) is 5.65 Å². The van der Waals surface area contributed by atoms with Crippen LogP contribution in [0.25, 0.3) is 11.2 Å². The minimum Gasteiger partial charge on any atom is -0.480 e. The van der Waals surface area contributed by atoms with E-state index in [0.717, 1.165) is 0 Å². The first-order valence-electron chi connectivity index (χ1n) is 3.81. The number of rotatable bonds is 1. The van der Waals surface area contributed by atoms with E-state index in [9.17, 15) is 4.79 Å². The Morgan fingerprint density at radius 3 is 3.00 bits per heavy atom. The summed E-state index contributed by atoms with van der Waals surface area (Å²) in [4.78, 5) is 19.5. The molecular weight excluding hydrogens is 297 g/mol. The minimum absolute atomic E-state index is 0.124. The zero-order valence-electron chi connectivity index (χ0n) is 7.27. The highest BCUT2D eigenvalue weighted by molar-refractivity contribution is 14.1. The number of halogens is 1. The summed E-state index contributed by atoms with van der Waals surface area (Å²) >= 11 is 1.88. The van der Waals surface area contributed by atoms with Gasteiger partial charge in [-0.2, -0.15) is 4.98 Å². The fraction of sp³-hybridized carbons (Fsp3) is 0.125. The Bertz CT molecular complexity index is 538. The second-order valence-corrected chi connectivity index (χ2v) is 3.54. The van der Waals surface area contributed by atoms with Crippen molar-refractivity contribution in [2.75, 3.05) is 7.11 Å². The van der Waals surface area contributed by atoms with Gasteiger partial charge >= 0.3 is 0 Å². The maximum atomic E-state index is 11.3. The Labute approximate surface area is 93.2 Å². The molecule has 14 heavy (non-hydrogen) atoms. The van der Waals surface area contributed by atoms with Crippen LogP contribution in [0.2, 0.25) is 0 Å². The summed E-state index contributed by atoms with van der Waals surface area (Å²) in [5.41, 5.74) is 1.05. The first-order chi connectivity index (χ1) is 6.72. The summed E-state index contributed by atoms with van der Waals surface area (Å²) in [5, 5.41) is 0.